The van der Waals surface area contributed by atoms with Gasteiger partial charge in [0.2, 0.25) is 0 Å². The van der Waals surface area contributed by atoms with Crippen molar-refractivity contribution in [2.24, 2.45) is 0 Å². The van der Waals surface area contributed by atoms with Crippen LogP contribution in [0.25, 0.3) is 0 Å². The van der Waals surface area contributed by atoms with Crippen molar-refractivity contribution >= 4 is 52.3 Å². The largest absolute Gasteiger partial charge is 0.488 e. The first kappa shape index (κ1) is 26.5. The van der Waals surface area contributed by atoms with Crippen LogP contribution in [0, 0.1) is 0 Å². The quantitative estimate of drug-likeness (QED) is 0.418. The monoisotopic (exact) mass is 498 g/mol. The number of hydrogen-bond donors (Lipinski definition) is 3. The topological polar surface area (TPSA) is 53.5 Å². The highest BCUT2D eigenvalue weighted by Crippen LogP contribution is 2.27. The fraction of sp³-hybridized carbons (Fsp3) is 0.368. The molecule has 0 aliphatic rings. The van der Waals surface area contributed by atoms with E-state index in [0.717, 1.165) is 40.4 Å². The zero-order valence-corrected chi connectivity index (χ0v) is 19.1. The molecule has 2 rings (SSSR count). The molecule has 0 heterocycles. The first-order valence-corrected chi connectivity index (χ1v) is 9.47. The fourth-order valence-electron chi connectivity index (χ4n) is 2.23. The molecule has 0 spiro atoms. The van der Waals surface area contributed by atoms with Crippen LogP contribution in [0.15, 0.2) is 46.9 Å². The van der Waals surface area contributed by atoms with Crippen molar-refractivity contribution in [1.82, 2.24) is 10.6 Å². The van der Waals surface area contributed by atoms with E-state index in [2.05, 4.69) is 38.7 Å². The highest BCUT2D eigenvalue weighted by Gasteiger charge is 2.04. The molecule has 0 amide bonds. The molecule has 8 heteroatoms. The van der Waals surface area contributed by atoms with Crippen LogP contribution in [0.3, 0.4) is 0 Å². The lowest BCUT2D eigenvalue weighted by Gasteiger charge is -2.11. The number of rotatable bonds is 10. The Hall–Kier alpha value is -0.530. The molecule has 0 aliphatic carbocycles. The summed E-state index contributed by atoms with van der Waals surface area (Å²) in [5.41, 5.74) is 2.26. The molecule has 0 saturated heterocycles. The molecule has 27 heavy (non-hydrogen) atoms. The number of nitrogens with one attached hydrogen (secondary N) is 2. The fourth-order valence-corrected chi connectivity index (χ4v) is 2.90. The van der Waals surface area contributed by atoms with Crippen LogP contribution in [-0.4, -0.2) is 30.8 Å². The van der Waals surface area contributed by atoms with Crippen molar-refractivity contribution < 1.29 is 9.84 Å². The van der Waals surface area contributed by atoms with E-state index in [9.17, 15) is 0 Å². The zero-order valence-electron chi connectivity index (χ0n) is 15.1. The molecule has 4 nitrogen and oxygen atoms in total. The van der Waals surface area contributed by atoms with Crippen LogP contribution in [-0.2, 0) is 13.2 Å². The minimum absolute atomic E-state index is 0. The van der Waals surface area contributed by atoms with Gasteiger partial charge < -0.3 is 20.5 Å². The van der Waals surface area contributed by atoms with E-state index in [-0.39, 0.29) is 30.9 Å². The maximum Gasteiger partial charge on any atom is 0.134 e. The maximum atomic E-state index is 9.17. The molecule has 152 valence electrons. The molecule has 0 bridgehead atoms. The Balaban J connectivity index is 0.00000338. The molecular formula is C19H26BrCl3N2O2. The third-order valence-corrected chi connectivity index (χ3v) is 4.42. The summed E-state index contributed by atoms with van der Waals surface area (Å²) < 4.78 is 6.79. The standard InChI is InChI=1S/C19H24BrClN2O2.2ClH/c1-14(24)11-22-8-9-23-12-16-4-7-19(18(20)10-16)25-13-15-2-5-17(21)6-3-15;;/h2-7,10,14,22-24H,8-9,11-13H2,1H3;2*1H. The van der Waals surface area contributed by atoms with Gasteiger partial charge in [0.05, 0.1) is 10.6 Å². The maximum absolute atomic E-state index is 9.17. The van der Waals surface area contributed by atoms with Gasteiger partial charge in [-0.05, 0) is 58.2 Å². The first-order chi connectivity index (χ1) is 12.0. The van der Waals surface area contributed by atoms with Gasteiger partial charge in [-0.3, -0.25) is 0 Å². The Bertz CT molecular complexity index is 658. The van der Waals surface area contributed by atoms with E-state index in [1.807, 2.05) is 30.3 Å². The number of benzene rings is 2. The minimum atomic E-state index is -0.309. The number of ether oxygens (including phenoxy) is 1. The van der Waals surface area contributed by atoms with E-state index < -0.39 is 0 Å². The van der Waals surface area contributed by atoms with Crippen molar-refractivity contribution in [1.29, 1.82) is 0 Å². The lowest BCUT2D eigenvalue weighted by molar-refractivity contribution is 0.191. The summed E-state index contributed by atoms with van der Waals surface area (Å²) in [5, 5.41) is 16.4. The number of hydrogen-bond acceptors (Lipinski definition) is 4. The average Bonchev–Trinajstić information content (AvgIpc) is 2.58. The van der Waals surface area contributed by atoms with E-state index in [1.54, 1.807) is 6.92 Å². The lowest BCUT2D eigenvalue weighted by atomic mass is 10.2. The molecule has 2 aromatic rings. The Kier molecular flexibility index (Phi) is 14.2. The van der Waals surface area contributed by atoms with Crippen molar-refractivity contribution in [2.45, 2.75) is 26.2 Å². The van der Waals surface area contributed by atoms with Gasteiger partial charge >= 0.3 is 0 Å². The number of halogens is 4. The Labute approximate surface area is 187 Å². The van der Waals surface area contributed by atoms with Crippen LogP contribution in [0.1, 0.15) is 18.1 Å². The van der Waals surface area contributed by atoms with E-state index in [1.165, 1.54) is 5.56 Å². The molecule has 0 aromatic heterocycles. The van der Waals surface area contributed by atoms with Crippen molar-refractivity contribution in [3.63, 3.8) is 0 Å². The summed E-state index contributed by atoms with van der Waals surface area (Å²) in [7, 11) is 0. The Morgan fingerprint density at radius 3 is 2.30 bits per heavy atom. The van der Waals surface area contributed by atoms with Crippen LogP contribution >= 0.6 is 52.3 Å². The highest BCUT2D eigenvalue weighted by atomic mass is 79.9. The van der Waals surface area contributed by atoms with E-state index >= 15 is 0 Å². The molecule has 0 aliphatic heterocycles. The third-order valence-electron chi connectivity index (χ3n) is 3.55. The second-order valence-electron chi connectivity index (χ2n) is 5.91. The number of aliphatic hydroxyl groups excluding tert-OH is 1. The minimum Gasteiger partial charge on any atom is -0.488 e. The molecule has 3 N–H and O–H groups in total. The Morgan fingerprint density at radius 2 is 1.67 bits per heavy atom. The van der Waals surface area contributed by atoms with Crippen molar-refractivity contribution in [3.05, 3.63) is 63.1 Å². The summed E-state index contributed by atoms with van der Waals surface area (Å²) in [5.74, 6) is 0.817. The van der Waals surface area contributed by atoms with Crippen LogP contribution in [0.4, 0.5) is 0 Å². The van der Waals surface area contributed by atoms with Gasteiger partial charge in [0.15, 0.2) is 0 Å². The molecule has 0 fully saturated rings. The molecular weight excluding hydrogens is 474 g/mol. The van der Waals surface area contributed by atoms with Gasteiger partial charge in [0.25, 0.3) is 0 Å². The van der Waals surface area contributed by atoms with Gasteiger partial charge in [-0.1, -0.05) is 29.8 Å². The summed E-state index contributed by atoms with van der Waals surface area (Å²) in [4.78, 5) is 0. The molecule has 2 aromatic carbocycles. The summed E-state index contributed by atoms with van der Waals surface area (Å²) in [6.45, 7) is 5.35. The van der Waals surface area contributed by atoms with Gasteiger partial charge in [-0.25, -0.2) is 0 Å². The van der Waals surface area contributed by atoms with Gasteiger partial charge in [-0.15, -0.1) is 24.8 Å². The first-order valence-electron chi connectivity index (χ1n) is 8.30. The van der Waals surface area contributed by atoms with Crippen LogP contribution in [0.5, 0.6) is 5.75 Å². The second kappa shape index (κ2) is 14.5. The van der Waals surface area contributed by atoms with Crippen LogP contribution < -0.4 is 15.4 Å². The average molecular weight is 501 g/mol. The summed E-state index contributed by atoms with van der Waals surface area (Å²) in [6.07, 6.45) is -0.309. The van der Waals surface area contributed by atoms with Gasteiger partial charge in [-0.2, -0.15) is 0 Å². The van der Waals surface area contributed by atoms with E-state index in [4.69, 9.17) is 21.4 Å². The second-order valence-corrected chi connectivity index (χ2v) is 7.20. The normalized spacial score (nSPS) is 11.3. The molecule has 0 saturated carbocycles. The van der Waals surface area contributed by atoms with E-state index in [0.29, 0.717) is 13.2 Å². The summed E-state index contributed by atoms with van der Waals surface area (Å²) in [6, 6.07) is 13.7. The molecule has 0 radical (unpaired) electrons. The lowest BCUT2D eigenvalue weighted by Crippen LogP contribution is -2.31. The third kappa shape index (κ3) is 10.5. The van der Waals surface area contributed by atoms with Gasteiger partial charge in [0.1, 0.15) is 12.4 Å². The smallest absolute Gasteiger partial charge is 0.134 e. The molecule has 1 unspecified atom stereocenters. The summed E-state index contributed by atoms with van der Waals surface area (Å²) >= 11 is 9.45. The number of aliphatic hydroxyl groups is 1. The van der Waals surface area contributed by atoms with Gasteiger partial charge in [0, 0.05) is 31.2 Å². The SMILES string of the molecule is CC(O)CNCCNCc1ccc(OCc2ccc(Cl)cc2)c(Br)c1.Cl.Cl. The van der Waals surface area contributed by atoms with Crippen LogP contribution in [0.2, 0.25) is 5.02 Å². The zero-order chi connectivity index (χ0) is 18.1. The molecule has 1 atom stereocenters. The predicted octanol–water partition coefficient (Wildman–Crippen LogP) is 4.59. The predicted molar refractivity (Wildman–Crippen MR) is 121 cm³/mol. The van der Waals surface area contributed by atoms with Crippen molar-refractivity contribution in [2.75, 3.05) is 19.6 Å². The highest BCUT2D eigenvalue weighted by molar-refractivity contribution is 9.10. The Morgan fingerprint density at radius 1 is 1.04 bits per heavy atom. The van der Waals surface area contributed by atoms with Crippen molar-refractivity contribution in [3.8, 4) is 5.75 Å².